The molecule has 0 bridgehead atoms. The summed E-state index contributed by atoms with van der Waals surface area (Å²) < 4.78 is 5.85. The van der Waals surface area contributed by atoms with E-state index in [-0.39, 0.29) is 36.7 Å². The third kappa shape index (κ3) is 2.36. The molecule has 0 aromatic carbocycles. The normalized spacial score (nSPS) is 40.8. The second-order valence-electron chi connectivity index (χ2n) is 5.64. The number of aliphatic hydroxyl groups excluding tert-OH is 1. The van der Waals surface area contributed by atoms with Crippen LogP contribution in [0.4, 0.5) is 0 Å². The molecule has 1 saturated heterocycles. The summed E-state index contributed by atoms with van der Waals surface area (Å²) in [6.45, 7) is 2.05. The van der Waals surface area contributed by atoms with Gasteiger partial charge in [-0.15, -0.1) is 0 Å². The molecule has 5 atom stereocenters. The van der Waals surface area contributed by atoms with E-state index in [4.69, 9.17) is 15.6 Å². The van der Waals surface area contributed by atoms with Gasteiger partial charge in [0.15, 0.2) is 6.29 Å². The van der Waals surface area contributed by atoms with Gasteiger partial charge in [0.05, 0.1) is 30.6 Å². The van der Waals surface area contributed by atoms with Gasteiger partial charge < -0.3 is 15.2 Å². The predicted octanol–water partition coefficient (Wildman–Crippen LogP) is -0.811. The SMILES string of the molecule is CC1N=C2C(=O)NC(N)N=C2CC1C1CCC(CO)O1. The molecule has 0 saturated carbocycles. The zero-order valence-corrected chi connectivity index (χ0v) is 11.5. The summed E-state index contributed by atoms with van der Waals surface area (Å²) in [5.74, 6) is -0.0551. The maximum absolute atomic E-state index is 11.8. The molecule has 20 heavy (non-hydrogen) atoms. The lowest BCUT2D eigenvalue weighted by Gasteiger charge is -2.34. The first-order valence-corrected chi connectivity index (χ1v) is 7.06. The lowest BCUT2D eigenvalue weighted by molar-refractivity contribution is -0.115. The van der Waals surface area contributed by atoms with Gasteiger partial charge in [0.1, 0.15) is 5.71 Å². The van der Waals surface area contributed by atoms with E-state index in [0.29, 0.717) is 17.8 Å². The molecule has 3 aliphatic rings. The second kappa shape index (κ2) is 5.23. The lowest BCUT2D eigenvalue weighted by Crippen LogP contribution is -2.53. The molecule has 7 heteroatoms. The number of aliphatic imine (C=N–C) groups is 2. The minimum Gasteiger partial charge on any atom is -0.394 e. The fourth-order valence-electron chi connectivity index (χ4n) is 3.20. The fourth-order valence-corrected chi connectivity index (χ4v) is 3.20. The maximum atomic E-state index is 11.8. The van der Waals surface area contributed by atoms with Crippen LogP contribution in [0.1, 0.15) is 26.2 Å². The van der Waals surface area contributed by atoms with Crippen LogP contribution in [0.3, 0.4) is 0 Å². The molecule has 3 rings (SSSR count). The Morgan fingerprint density at radius 3 is 2.95 bits per heavy atom. The summed E-state index contributed by atoms with van der Waals surface area (Å²) in [6.07, 6.45) is 1.75. The van der Waals surface area contributed by atoms with E-state index < -0.39 is 6.29 Å². The van der Waals surface area contributed by atoms with E-state index in [9.17, 15) is 4.79 Å². The minimum absolute atomic E-state index is 0.00599. The Morgan fingerprint density at radius 1 is 1.45 bits per heavy atom. The zero-order chi connectivity index (χ0) is 14.3. The van der Waals surface area contributed by atoms with Gasteiger partial charge in [-0.25, -0.2) is 4.99 Å². The highest BCUT2D eigenvalue weighted by atomic mass is 16.5. The van der Waals surface area contributed by atoms with E-state index in [1.807, 2.05) is 6.92 Å². The zero-order valence-electron chi connectivity index (χ0n) is 11.5. The predicted molar refractivity (Wildman–Crippen MR) is 73.5 cm³/mol. The lowest BCUT2D eigenvalue weighted by atomic mass is 9.84. The van der Waals surface area contributed by atoms with Crippen LogP contribution in [-0.2, 0) is 9.53 Å². The van der Waals surface area contributed by atoms with E-state index in [2.05, 4.69) is 15.3 Å². The third-order valence-electron chi connectivity index (χ3n) is 4.27. The van der Waals surface area contributed by atoms with Crippen LogP contribution < -0.4 is 11.1 Å². The van der Waals surface area contributed by atoms with Gasteiger partial charge in [0, 0.05) is 5.92 Å². The van der Waals surface area contributed by atoms with Crippen LogP contribution in [-0.4, -0.2) is 53.6 Å². The van der Waals surface area contributed by atoms with Crippen molar-refractivity contribution in [2.24, 2.45) is 21.6 Å². The molecule has 1 amide bonds. The van der Waals surface area contributed by atoms with Gasteiger partial charge in [-0.3, -0.25) is 15.5 Å². The van der Waals surface area contributed by atoms with Crippen molar-refractivity contribution in [3.8, 4) is 0 Å². The summed E-state index contributed by atoms with van der Waals surface area (Å²) in [6, 6.07) is 0.00599. The Hall–Kier alpha value is -1.31. The summed E-state index contributed by atoms with van der Waals surface area (Å²) in [7, 11) is 0. The second-order valence-corrected chi connectivity index (χ2v) is 5.64. The van der Waals surface area contributed by atoms with Crippen molar-refractivity contribution in [1.29, 1.82) is 0 Å². The van der Waals surface area contributed by atoms with Gasteiger partial charge in [-0.2, -0.15) is 0 Å². The van der Waals surface area contributed by atoms with E-state index in [1.54, 1.807) is 0 Å². The Morgan fingerprint density at radius 2 is 2.25 bits per heavy atom. The Labute approximate surface area is 117 Å². The number of hydrogen-bond acceptors (Lipinski definition) is 6. The number of amides is 1. The van der Waals surface area contributed by atoms with Crippen molar-refractivity contribution >= 4 is 17.3 Å². The maximum Gasteiger partial charge on any atom is 0.273 e. The number of carbonyl (C=O) groups is 1. The molecule has 0 spiro atoms. The van der Waals surface area contributed by atoms with Crippen molar-refractivity contribution < 1.29 is 14.6 Å². The monoisotopic (exact) mass is 280 g/mol. The molecule has 0 aromatic rings. The topological polar surface area (TPSA) is 109 Å². The van der Waals surface area contributed by atoms with Gasteiger partial charge in [0.25, 0.3) is 5.91 Å². The summed E-state index contributed by atoms with van der Waals surface area (Å²) in [5, 5.41) is 11.7. The van der Waals surface area contributed by atoms with Gasteiger partial charge >= 0.3 is 0 Å². The van der Waals surface area contributed by atoms with Crippen LogP contribution in [0.25, 0.3) is 0 Å². The number of nitrogens with one attached hydrogen (secondary N) is 1. The van der Waals surface area contributed by atoms with Crippen LogP contribution in [0.15, 0.2) is 9.98 Å². The van der Waals surface area contributed by atoms with Crippen LogP contribution >= 0.6 is 0 Å². The average Bonchev–Trinajstić information content (AvgIpc) is 2.87. The molecule has 5 unspecified atom stereocenters. The molecule has 3 heterocycles. The number of hydrogen-bond donors (Lipinski definition) is 3. The molecule has 0 radical (unpaired) electrons. The smallest absolute Gasteiger partial charge is 0.273 e. The van der Waals surface area contributed by atoms with E-state index >= 15 is 0 Å². The molecule has 110 valence electrons. The summed E-state index contributed by atoms with van der Waals surface area (Å²) in [5.41, 5.74) is 6.76. The highest BCUT2D eigenvalue weighted by Gasteiger charge is 2.40. The van der Waals surface area contributed by atoms with Crippen LogP contribution in [0, 0.1) is 5.92 Å². The largest absolute Gasteiger partial charge is 0.394 e. The van der Waals surface area contributed by atoms with Crippen molar-refractivity contribution in [2.45, 2.75) is 50.7 Å². The fraction of sp³-hybridized carbons (Fsp3) is 0.769. The molecule has 0 aliphatic carbocycles. The number of rotatable bonds is 2. The van der Waals surface area contributed by atoms with Crippen LogP contribution in [0.2, 0.25) is 0 Å². The number of nitrogens with two attached hydrogens (primary N) is 1. The Bertz CT molecular complexity index is 476. The molecular weight excluding hydrogens is 260 g/mol. The molecule has 0 aromatic heterocycles. The number of aliphatic hydroxyl groups is 1. The first-order chi connectivity index (χ1) is 9.58. The molecule has 1 fully saturated rings. The van der Waals surface area contributed by atoms with Crippen molar-refractivity contribution in [1.82, 2.24) is 5.32 Å². The average molecular weight is 280 g/mol. The standard InChI is InChI=1S/C13H20N4O3/c1-6-8(10-3-2-7(5-18)20-10)4-9-11(15-6)12(19)17-13(14)16-9/h6-8,10,13,18H,2-5,14H2,1H3,(H,17,19). The Balaban J connectivity index is 1.80. The number of fused-ring (bicyclic) bond motifs is 1. The third-order valence-corrected chi connectivity index (χ3v) is 4.27. The number of carbonyl (C=O) groups excluding carboxylic acids is 1. The minimum atomic E-state index is -0.680. The molecule has 3 aliphatic heterocycles. The highest BCUT2D eigenvalue weighted by molar-refractivity contribution is 6.67. The van der Waals surface area contributed by atoms with Gasteiger partial charge in [-0.05, 0) is 26.2 Å². The van der Waals surface area contributed by atoms with E-state index in [1.165, 1.54) is 0 Å². The quantitative estimate of drug-likeness (QED) is 0.614. The number of ether oxygens (including phenoxy) is 1. The van der Waals surface area contributed by atoms with Crippen LogP contribution in [0.5, 0.6) is 0 Å². The molecule has 4 N–H and O–H groups in total. The van der Waals surface area contributed by atoms with Crippen molar-refractivity contribution in [3.05, 3.63) is 0 Å². The summed E-state index contributed by atoms with van der Waals surface area (Å²) in [4.78, 5) is 20.6. The van der Waals surface area contributed by atoms with Crippen molar-refractivity contribution in [3.63, 3.8) is 0 Å². The number of nitrogens with zero attached hydrogens (tertiary/aromatic N) is 2. The molecular formula is C13H20N4O3. The Kier molecular flexibility index (Phi) is 3.57. The van der Waals surface area contributed by atoms with Crippen molar-refractivity contribution in [2.75, 3.05) is 6.61 Å². The van der Waals surface area contributed by atoms with E-state index in [0.717, 1.165) is 12.8 Å². The first kappa shape index (κ1) is 13.7. The van der Waals surface area contributed by atoms with Gasteiger partial charge in [0.2, 0.25) is 0 Å². The highest BCUT2D eigenvalue weighted by Crippen LogP contribution is 2.33. The molecule has 7 nitrogen and oxygen atoms in total. The first-order valence-electron chi connectivity index (χ1n) is 7.06. The summed E-state index contributed by atoms with van der Waals surface area (Å²) >= 11 is 0. The van der Waals surface area contributed by atoms with Gasteiger partial charge in [-0.1, -0.05) is 0 Å².